The van der Waals surface area contributed by atoms with E-state index in [4.69, 9.17) is 11.6 Å². The van der Waals surface area contributed by atoms with Crippen molar-refractivity contribution >= 4 is 23.0 Å². The summed E-state index contributed by atoms with van der Waals surface area (Å²) in [5.41, 5.74) is 6.35. The molecule has 1 aromatic heterocycles. The van der Waals surface area contributed by atoms with Crippen molar-refractivity contribution in [1.29, 1.82) is 0 Å². The molecule has 0 radical (unpaired) electrons. The van der Waals surface area contributed by atoms with Crippen LogP contribution in [0.15, 0.2) is 67.0 Å². The van der Waals surface area contributed by atoms with Gasteiger partial charge in [-0.3, -0.25) is 4.98 Å². The van der Waals surface area contributed by atoms with Gasteiger partial charge in [0.2, 0.25) is 0 Å². The lowest BCUT2D eigenvalue weighted by molar-refractivity contribution is 0.974. The molecule has 4 rings (SSSR count). The summed E-state index contributed by atoms with van der Waals surface area (Å²) in [6, 6.07) is 18.9. The van der Waals surface area contributed by atoms with Gasteiger partial charge in [-0.05, 0) is 53.4 Å². The van der Waals surface area contributed by atoms with E-state index in [1.54, 1.807) is 0 Å². The van der Waals surface area contributed by atoms with E-state index in [1.165, 1.54) is 22.4 Å². The lowest BCUT2D eigenvalue weighted by atomic mass is 10.0. The highest BCUT2D eigenvalue weighted by Gasteiger charge is 2.20. The van der Waals surface area contributed by atoms with Crippen molar-refractivity contribution in [2.24, 2.45) is 0 Å². The number of fused-ring (bicyclic) bond motifs is 2. The Balaban J connectivity index is 1.90. The molecule has 2 heterocycles. The number of halogens is 1. The molecule has 1 aliphatic rings. The summed E-state index contributed by atoms with van der Waals surface area (Å²) < 4.78 is 0. The number of rotatable bonds is 1. The van der Waals surface area contributed by atoms with Gasteiger partial charge in [0.25, 0.3) is 0 Å². The molecule has 3 aromatic rings. The Kier molecular flexibility index (Phi) is 3.32. The number of nitrogens with zero attached hydrogens (tertiary/aromatic N) is 2. The van der Waals surface area contributed by atoms with Gasteiger partial charge in [0.15, 0.2) is 0 Å². The topological polar surface area (TPSA) is 16.1 Å². The lowest BCUT2D eigenvalue weighted by Gasteiger charge is -2.25. The maximum Gasteiger partial charge on any atom is 0.0485 e. The van der Waals surface area contributed by atoms with Crippen molar-refractivity contribution in [3.8, 4) is 0 Å². The summed E-state index contributed by atoms with van der Waals surface area (Å²) in [5, 5.41) is 0.791. The fourth-order valence-corrected chi connectivity index (χ4v) is 3.25. The first-order valence-corrected chi connectivity index (χ1v) is 7.72. The zero-order valence-electron chi connectivity index (χ0n) is 12.0. The molecule has 0 bridgehead atoms. The number of hydrogen-bond acceptors (Lipinski definition) is 2. The van der Waals surface area contributed by atoms with Gasteiger partial charge in [0.1, 0.15) is 0 Å². The highest BCUT2D eigenvalue weighted by atomic mass is 35.5. The summed E-state index contributed by atoms with van der Waals surface area (Å²) >= 11 is 6.21. The van der Waals surface area contributed by atoms with Crippen LogP contribution in [-0.4, -0.2) is 4.98 Å². The first-order chi connectivity index (χ1) is 10.8. The number of benzene rings is 2. The molecule has 0 atom stereocenters. The zero-order chi connectivity index (χ0) is 14.9. The van der Waals surface area contributed by atoms with E-state index in [2.05, 4.69) is 46.3 Å². The minimum Gasteiger partial charge on any atom is -0.337 e. The van der Waals surface area contributed by atoms with E-state index in [0.29, 0.717) is 0 Å². The first kappa shape index (κ1) is 13.4. The molecule has 1 aliphatic heterocycles. The molecule has 0 fully saturated rings. The van der Waals surface area contributed by atoms with Crippen LogP contribution in [0.5, 0.6) is 0 Å². The molecular weight excluding hydrogens is 292 g/mol. The van der Waals surface area contributed by atoms with Crippen LogP contribution in [0.2, 0.25) is 5.02 Å². The number of pyridine rings is 1. The van der Waals surface area contributed by atoms with Crippen LogP contribution in [0.25, 0.3) is 0 Å². The number of anilines is 2. The first-order valence-electron chi connectivity index (χ1n) is 7.34. The van der Waals surface area contributed by atoms with E-state index in [0.717, 1.165) is 23.7 Å². The molecule has 2 aromatic carbocycles. The summed E-state index contributed by atoms with van der Waals surface area (Å²) in [4.78, 5) is 6.46. The maximum atomic E-state index is 6.21. The summed E-state index contributed by atoms with van der Waals surface area (Å²) in [6.45, 7) is 0.816. The SMILES string of the molecule is Clc1ccc2c(c1)CN(c1ccncc1)c1ccccc1C2. The third-order valence-corrected chi connectivity index (χ3v) is 4.37. The largest absolute Gasteiger partial charge is 0.337 e. The van der Waals surface area contributed by atoms with E-state index >= 15 is 0 Å². The lowest BCUT2D eigenvalue weighted by Crippen LogP contribution is -2.16. The molecule has 0 amide bonds. The molecule has 22 heavy (non-hydrogen) atoms. The van der Waals surface area contributed by atoms with Gasteiger partial charge in [-0.25, -0.2) is 0 Å². The predicted octanol–water partition coefficient (Wildman–Crippen LogP) is 4.98. The Morgan fingerprint density at radius 2 is 1.68 bits per heavy atom. The van der Waals surface area contributed by atoms with E-state index in [1.807, 2.05) is 30.6 Å². The average Bonchev–Trinajstić information content (AvgIpc) is 2.72. The van der Waals surface area contributed by atoms with Crippen molar-refractivity contribution in [2.75, 3.05) is 4.90 Å². The Hall–Kier alpha value is -2.32. The number of para-hydroxylation sites is 1. The van der Waals surface area contributed by atoms with Crippen LogP contribution in [0.3, 0.4) is 0 Å². The average molecular weight is 307 g/mol. The van der Waals surface area contributed by atoms with Crippen LogP contribution < -0.4 is 4.90 Å². The van der Waals surface area contributed by atoms with Gasteiger partial charge in [-0.1, -0.05) is 35.9 Å². The fraction of sp³-hybridized carbons (Fsp3) is 0.105. The van der Waals surface area contributed by atoms with Crippen LogP contribution in [0.1, 0.15) is 16.7 Å². The predicted molar refractivity (Wildman–Crippen MR) is 90.8 cm³/mol. The molecule has 0 saturated heterocycles. The fourth-order valence-electron chi connectivity index (χ4n) is 3.05. The minimum atomic E-state index is 0.791. The quantitative estimate of drug-likeness (QED) is 0.630. The van der Waals surface area contributed by atoms with Crippen molar-refractivity contribution in [3.63, 3.8) is 0 Å². The van der Waals surface area contributed by atoms with Crippen molar-refractivity contribution in [2.45, 2.75) is 13.0 Å². The molecule has 2 nitrogen and oxygen atoms in total. The standard InChI is InChI=1S/C19H15ClN2/c20-17-6-5-14-11-15-3-1-2-4-19(15)22(13-16(14)12-17)18-7-9-21-10-8-18/h1-10,12H,11,13H2. The second kappa shape index (κ2) is 5.47. The second-order valence-corrected chi connectivity index (χ2v) is 5.95. The van der Waals surface area contributed by atoms with Gasteiger partial charge in [-0.2, -0.15) is 0 Å². The molecule has 0 spiro atoms. The van der Waals surface area contributed by atoms with Gasteiger partial charge in [0.05, 0.1) is 0 Å². The smallest absolute Gasteiger partial charge is 0.0485 e. The van der Waals surface area contributed by atoms with Gasteiger partial charge < -0.3 is 4.90 Å². The third-order valence-electron chi connectivity index (χ3n) is 4.13. The maximum absolute atomic E-state index is 6.21. The van der Waals surface area contributed by atoms with Gasteiger partial charge in [-0.15, -0.1) is 0 Å². The van der Waals surface area contributed by atoms with Crippen LogP contribution in [-0.2, 0) is 13.0 Å². The molecule has 0 unspecified atom stereocenters. The summed E-state index contributed by atoms with van der Waals surface area (Å²) in [7, 11) is 0. The monoisotopic (exact) mass is 306 g/mol. The van der Waals surface area contributed by atoms with Crippen molar-refractivity contribution in [3.05, 3.63) is 88.7 Å². The number of aromatic nitrogens is 1. The highest BCUT2D eigenvalue weighted by molar-refractivity contribution is 6.30. The van der Waals surface area contributed by atoms with E-state index in [9.17, 15) is 0 Å². The van der Waals surface area contributed by atoms with Gasteiger partial charge >= 0.3 is 0 Å². The number of hydrogen-bond donors (Lipinski definition) is 0. The molecule has 0 N–H and O–H groups in total. The summed E-state index contributed by atoms with van der Waals surface area (Å²) in [6.07, 6.45) is 4.60. The molecule has 0 saturated carbocycles. The Labute approximate surface area is 135 Å². The molecule has 0 aliphatic carbocycles. The molecule has 3 heteroatoms. The van der Waals surface area contributed by atoms with Crippen LogP contribution >= 0.6 is 11.6 Å². The van der Waals surface area contributed by atoms with Crippen LogP contribution in [0, 0.1) is 0 Å². The zero-order valence-corrected chi connectivity index (χ0v) is 12.8. The summed E-state index contributed by atoms with van der Waals surface area (Å²) in [5.74, 6) is 0. The highest BCUT2D eigenvalue weighted by Crippen LogP contribution is 2.36. The van der Waals surface area contributed by atoms with Crippen molar-refractivity contribution < 1.29 is 0 Å². The Bertz CT molecular complexity index is 815. The van der Waals surface area contributed by atoms with E-state index in [-0.39, 0.29) is 0 Å². The molecule has 108 valence electrons. The second-order valence-electron chi connectivity index (χ2n) is 5.51. The van der Waals surface area contributed by atoms with Gasteiger partial charge in [0, 0.05) is 35.3 Å². The Morgan fingerprint density at radius 1 is 0.864 bits per heavy atom. The molecular formula is C19H15ClN2. The normalized spacial score (nSPS) is 13.2. The minimum absolute atomic E-state index is 0.791. The Morgan fingerprint density at radius 3 is 2.55 bits per heavy atom. The third kappa shape index (κ3) is 2.36. The van der Waals surface area contributed by atoms with Crippen molar-refractivity contribution in [1.82, 2.24) is 4.98 Å². The van der Waals surface area contributed by atoms with E-state index < -0.39 is 0 Å². The van der Waals surface area contributed by atoms with Crippen LogP contribution in [0.4, 0.5) is 11.4 Å².